The lowest BCUT2D eigenvalue weighted by Gasteiger charge is -2.18. The Balaban J connectivity index is 1.97. The molecule has 2 rings (SSSR count). The van der Waals surface area contributed by atoms with Crippen LogP contribution in [0.25, 0.3) is 0 Å². The molecule has 0 aliphatic heterocycles. The number of H-pyrrole nitrogens is 1. The van der Waals surface area contributed by atoms with Crippen molar-refractivity contribution in [2.24, 2.45) is 0 Å². The van der Waals surface area contributed by atoms with Gasteiger partial charge in [-0.05, 0) is 18.6 Å². The molecule has 6 nitrogen and oxygen atoms in total. The number of unbranched alkanes of at least 4 members (excludes halogenated alkanes) is 1. The first kappa shape index (κ1) is 19.5. The van der Waals surface area contributed by atoms with Crippen LogP contribution in [0, 0.1) is 5.82 Å². The summed E-state index contributed by atoms with van der Waals surface area (Å²) in [5, 5.41) is 7.11. The molecule has 0 aliphatic carbocycles. The third-order valence-electron chi connectivity index (χ3n) is 3.67. The van der Waals surface area contributed by atoms with E-state index in [0.717, 1.165) is 12.8 Å². The first-order chi connectivity index (χ1) is 11.9. The quantitative estimate of drug-likeness (QED) is 0.708. The van der Waals surface area contributed by atoms with Crippen molar-refractivity contribution in [2.45, 2.75) is 38.0 Å². The van der Waals surface area contributed by atoms with Crippen LogP contribution in [0.15, 0.2) is 28.2 Å². The Morgan fingerprint density at radius 2 is 2.24 bits per heavy atom. The molecular weight excluding hydrogens is 367 g/mol. The minimum Gasteiger partial charge on any atom is -0.341 e. The molecule has 0 unspecified atom stereocenters. The molecule has 1 aromatic carbocycles. The van der Waals surface area contributed by atoms with E-state index in [4.69, 9.17) is 11.6 Å². The van der Waals surface area contributed by atoms with Crippen molar-refractivity contribution in [3.63, 3.8) is 0 Å². The van der Waals surface area contributed by atoms with Gasteiger partial charge in [0.1, 0.15) is 5.82 Å². The summed E-state index contributed by atoms with van der Waals surface area (Å²) in [7, 11) is 1.58. The zero-order valence-corrected chi connectivity index (χ0v) is 15.7. The van der Waals surface area contributed by atoms with Crippen LogP contribution in [0.4, 0.5) is 4.39 Å². The average Bonchev–Trinajstić information content (AvgIpc) is 2.93. The summed E-state index contributed by atoms with van der Waals surface area (Å²) in [6.45, 7) is 2.67. The van der Waals surface area contributed by atoms with Gasteiger partial charge in [-0.15, -0.1) is 5.10 Å². The minimum atomic E-state index is -0.444. The summed E-state index contributed by atoms with van der Waals surface area (Å²) >= 11 is 7.16. The highest BCUT2D eigenvalue weighted by atomic mass is 35.5. The van der Waals surface area contributed by atoms with Gasteiger partial charge < -0.3 is 4.90 Å². The highest BCUT2D eigenvalue weighted by Gasteiger charge is 2.16. The second-order valence-electron chi connectivity index (χ2n) is 5.56. The number of aromatic nitrogens is 3. The second kappa shape index (κ2) is 9.05. The lowest BCUT2D eigenvalue weighted by atomic mass is 10.2. The lowest BCUT2D eigenvalue weighted by Crippen LogP contribution is -2.28. The molecule has 1 N–H and O–H groups in total. The molecule has 2 aromatic rings. The molecule has 0 radical (unpaired) electrons. The number of amides is 1. The van der Waals surface area contributed by atoms with Crippen molar-refractivity contribution in [3.05, 3.63) is 45.1 Å². The van der Waals surface area contributed by atoms with Crippen molar-refractivity contribution >= 4 is 29.3 Å². The van der Waals surface area contributed by atoms with Gasteiger partial charge in [0.05, 0.1) is 5.75 Å². The molecule has 9 heteroatoms. The number of carbonyl (C=O) groups excluding carboxylic acids is 1. The summed E-state index contributed by atoms with van der Waals surface area (Å²) in [5.41, 5.74) is -0.000433. The Bertz CT molecular complexity index is 772. The van der Waals surface area contributed by atoms with E-state index in [0.29, 0.717) is 11.7 Å². The SMILES string of the molecule is CCCCn1c(SCC(=O)N(C)Cc2c(F)cccc2Cl)n[nH]c1=O. The Morgan fingerprint density at radius 1 is 1.48 bits per heavy atom. The van der Waals surface area contributed by atoms with Gasteiger partial charge in [-0.3, -0.25) is 9.36 Å². The zero-order valence-electron chi connectivity index (χ0n) is 14.1. The van der Waals surface area contributed by atoms with Crippen molar-refractivity contribution in [3.8, 4) is 0 Å². The van der Waals surface area contributed by atoms with E-state index in [1.807, 2.05) is 6.92 Å². The first-order valence-corrected chi connectivity index (χ1v) is 9.25. The molecular formula is C16H20ClFN4O2S. The van der Waals surface area contributed by atoms with E-state index in [2.05, 4.69) is 10.2 Å². The van der Waals surface area contributed by atoms with Gasteiger partial charge in [-0.2, -0.15) is 0 Å². The van der Waals surface area contributed by atoms with Gasteiger partial charge in [0.25, 0.3) is 0 Å². The summed E-state index contributed by atoms with van der Waals surface area (Å²) < 4.78 is 15.3. The third-order valence-corrected chi connectivity index (χ3v) is 4.98. The van der Waals surface area contributed by atoms with Crippen LogP contribution < -0.4 is 5.69 Å². The van der Waals surface area contributed by atoms with Crippen LogP contribution in [0.5, 0.6) is 0 Å². The monoisotopic (exact) mass is 386 g/mol. The molecule has 0 spiro atoms. The van der Waals surface area contributed by atoms with E-state index in [-0.39, 0.29) is 34.5 Å². The molecule has 0 saturated heterocycles. The number of halogens is 2. The summed E-state index contributed by atoms with van der Waals surface area (Å²) in [5.74, 6) is -0.554. The fraction of sp³-hybridized carbons (Fsp3) is 0.438. The molecule has 0 atom stereocenters. The van der Waals surface area contributed by atoms with Crippen molar-refractivity contribution in [1.29, 1.82) is 0 Å². The van der Waals surface area contributed by atoms with Crippen molar-refractivity contribution in [2.75, 3.05) is 12.8 Å². The maximum absolute atomic E-state index is 13.8. The highest BCUT2D eigenvalue weighted by molar-refractivity contribution is 7.99. The Morgan fingerprint density at radius 3 is 2.92 bits per heavy atom. The van der Waals surface area contributed by atoms with Crippen LogP contribution in [-0.4, -0.2) is 38.4 Å². The van der Waals surface area contributed by atoms with Gasteiger partial charge in [-0.1, -0.05) is 42.8 Å². The van der Waals surface area contributed by atoms with Gasteiger partial charge in [0.15, 0.2) is 5.16 Å². The highest BCUT2D eigenvalue weighted by Crippen LogP contribution is 2.21. The fourth-order valence-electron chi connectivity index (χ4n) is 2.17. The second-order valence-corrected chi connectivity index (χ2v) is 6.90. The van der Waals surface area contributed by atoms with Gasteiger partial charge in [0, 0.05) is 30.7 Å². The average molecular weight is 387 g/mol. The predicted molar refractivity (Wildman–Crippen MR) is 96.4 cm³/mol. The predicted octanol–water partition coefficient (Wildman–Crippen LogP) is 2.91. The largest absolute Gasteiger partial charge is 0.343 e. The number of hydrogen-bond donors (Lipinski definition) is 1. The first-order valence-electron chi connectivity index (χ1n) is 7.88. The lowest BCUT2D eigenvalue weighted by molar-refractivity contribution is -0.127. The zero-order chi connectivity index (χ0) is 18.4. The van der Waals surface area contributed by atoms with E-state index < -0.39 is 5.82 Å². The number of rotatable bonds is 8. The summed E-state index contributed by atoms with van der Waals surface area (Å²) in [6.07, 6.45) is 1.80. The molecule has 25 heavy (non-hydrogen) atoms. The van der Waals surface area contributed by atoms with Crippen LogP contribution >= 0.6 is 23.4 Å². The van der Waals surface area contributed by atoms with Crippen molar-refractivity contribution in [1.82, 2.24) is 19.7 Å². The molecule has 0 aliphatic rings. The number of carbonyl (C=O) groups is 1. The number of thioether (sulfide) groups is 1. The number of benzene rings is 1. The van der Waals surface area contributed by atoms with Gasteiger partial charge in [-0.25, -0.2) is 14.3 Å². The van der Waals surface area contributed by atoms with Crippen LogP contribution in [0.3, 0.4) is 0 Å². The Labute approximate surface area is 154 Å². The van der Waals surface area contributed by atoms with Crippen molar-refractivity contribution < 1.29 is 9.18 Å². The number of nitrogens with one attached hydrogen (secondary N) is 1. The minimum absolute atomic E-state index is 0.0775. The smallest absolute Gasteiger partial charge is 0.341 e. The molecule has 0 saturated carbocycles. The Kier molecular flexibility index (Phi) is 7.07. The standard InChI is InChI=1S/C16H20ClFN4O2S/c1-3-4-8-22-15(24)19-20-16(22)25-10-14(23)21(2)9-11-12(17)6-5-7-13(11)18/h5-7H,3-4,8-10H2,1-2H3,(H,19,24). The van der Waals surface area contributed by atoms with E-state index in [9.17, 15) is 14.0 Å². The summed E-state index contributed by atoms with van der Waals surface area (Å²) in [6, 6.07) is 4.42. The number of hydrogen-bond acceptors (Lipinski definition) is 4. The maximum atomic E-state index is 13.8. The van der Waals surface area contributed by atoms with Crippen LogP contribution in [0.1, 0.15) is 25.3 Å². The molecule has 1 aromatic heterocycles. The molecule has 136 valence electrons. The van der Waals surface area contributed by atoms with Crippen LogP contribution in [-0.2, 0) is 17.9 Å². The normalized spacial score (nSPS) is 10.9. The Hall–Kier alpha value is -1.80. The van der Waals surface area contributed by atoms with Gasteiger partial charge in [0.2, 0.25) is 5.91 Å². The number of nitrogens with zero attached hydrogens (tertiary/aromatic N) is 3. The van der Waals surface area contributed by atoms with E-state index >= 15 is 0 Å². The van der Waals surface area contributed by atoms with E-state index in [1.165, 1.54) is 33.4 Å². The topological polar surface area (TPSA) is 71.0 Å². The fourth-order valence-corrected chi connectivity index (χ4v) is 3.31. The summed E-state index contributed by atoms with van der Waals surface area (Å²) in [4.78, 5) is 25.4. The van der Waals surface area contributed by atoms with Crippen LogP contribution in [0.2, 0.25) is 5.02 Å². The van der Waals surface area contributed by atoms with E-state index in [1.54, 1.807) is 13.1 Å². The molecule has 0 fully saturated rings. The molecule has 0 bridgehead atoms. The number of aromatic amines is 1. The third kappa shape index (κ3) is 5.09. The van der Waals surface area contributed by atoms with Gasteiger partial charge >= 0.3 is 5.69 Å². The molecule has 1 amide bonds. The molecule has 1 heterocycles. The maximum Gasteiger partial charge on any atom is 0.343 e.